The highest BCUT2D eigenvalue weighted by Crippen LogP contribution is 2.06. The van der Waals surface area contributed by atoms with Gasteiger partial charge in [-0.3, -0.25) is 10.2 Å². The fourth-order valence-electron chi connectivity index (χ4n) is 1.03. The lowest BCUT2D eigenvalue weighted by atomic mass is 10.1. The van der Waals surface area contributed by atoms with Crippen LogP contribution in [0.2, 0.25) is 0 Å². The molecule has 0 saturated heterocycles. The Labute approximate surface area is 80.8 Å². The Hall–Kier alpha value is -0.830. The lowest BCUT2D eigenvalue weighted by molar-refractivity contribution is -0.121. The molecule has 3 nitrogen and oxygen atoms in total. The summed E-state index contributed by atoms with van der Waals surface area (Å²) in [5, 5.41) is 1.66. The molecule has 0 aliphatic heterocycles. The van der Waals surface area contributed by atoms with Gasteiger partial charge in [-0.25, -0.2) is 5.01 Å². The number of allylic oxidation sites excluding steroid dienone is 1. The predicted molar refractivity (Wildman–Crippen MR) is 55.1 cm³/mol. The molecule has 0 saturated carbocycles. The van der Waals surface area contributed by atoms with E-state index >= 15 is 0 Å². The molecule has 76 valence electrons. The Bertz CT molecular complexity index is 185. The standard InChI is InChI=1S/C10H20N2O/c1-5-7-8-9(6-2)10(13)11-12(3)4/h6H,5,7-8H2,1-4H3,(H,11,13). The summed E-state index contributed by atoms with van der Waals surface area (Å²) in [5.41, 5.74) is 3.60. The molecular weight excluding hydrogens is 164 g/mol. The lowest BCUT2D eigenvalue weighted by Crippen LogP contribution is -2.37. The molecule has 0 spiro atoms. The second kappa shape index (κ2) is 6.66. The minimum absolute atomic E-state index is 0.0148. The van der Waals surface area contributed by atoms with Gasteiger partial charge in [0, 0.05) is 19.7 Å². The summed E-state index contributed by atoms with van der Waals surface area (Å²) in [4.78, 5) is 11.5. The molecule has 1 amide bonds. The number of hydrogen-bond acceptors (Lipinski definition) is 2. The number of nitrogens with zero attached hydrogens (tertiary/aromatic N) is 1. The SMILES string of the molecule is CC=C(CCCC)C(=O)NN(C)C. The summed E-state index contributed by atoms with van der Waals surface area (Å²) < 4.78 is 0. The van der Waals surface area contributed by atoms with E-state index in [2.05, 4.69) is 12.3 Å². The van der Waals surface area contributed by atoms with Crippen molar-refractivity contribution in [3.8, 4) is 0 Å². The lowest BCUT2D eigenvalue weighted by Gasteiger charge is -2.13. The molecule has 0 aromatic rings. The van der Waals surface area contributed by atoms with Crippen LogP contribution in [0.4, 0.5) is 0 Å². The zero-order valence-corrected chi connectivity index (χ0v) is 9.05. The average molecular weight is 184 g/mol. The van der Waals surface area contributed by atoms with Gasteiger partial charge in [-0.2, -0.15) is 0 Å². The van der Waals surface area contributed by atoms with Crippen molar-refractivity contribution >= 4 is 5.91 Å². The Morgan fingerprint density at radius 3 is 2.46 bits per heavy atom. The maximum Gasteiger partial charge on any atom is 0.261 e. The zero-order valence-electron chi connectivity index (χ0n) is 9.05. The van der Waals surface area contributed by atoms with Crippen LogP contribution in [0, 0.1) is 0 Å². The van der Waals surface area contributed by atoms with E-state index in [1.54, 1.807) is 5.01 Å². The van der Waals surface area contributed by atoms with Gasteiger partial charge >= 0.3 is 0 Å². The third-order valence-corrected chi connectivity index (χ3v) is 1.76. The van der Waals surface area contributed by atoms with Gasteiger partial charge in [-0.05, 0) is 19.8 Å². The summed E-state index contributed by atoms with van der Waals surface area (Å²) in [6.07, 6.45) is 4.94. The summed E-state index contributed by atoms with van der Waals surface area (Å²) in [7, 11) is 3.62. The molecule has 0 aliphatic rings. The first-order valence-corrected chi connectivity index (χ1v) is 4.75. The van der Waals surface area contributed by atoms with Crippen LogP contribution in [0.3, 0.4) is 0 Å². The van der Waals surface area contributed by atoms with Gasteiger partial charge in [-0.15, -0.1) is 0 Å². The molecule has 0 aromatic heterocycles. The number of carbonyl (C=O) groups is 1. The van der Waals surface area contributed by atoms with Crippen molar-refractivity contribution in [3.05, 3.63) is 11.6 Å². The van der Waals surface area contributed by atoms with Gasteiger partial charge in [0.25, 0.3) is 5.91 Å². The molecule has 1 N–H and O–H groups in total. The van der Waals surface area contributed by atoms with Crippen molar-refractivity contribution in [2.45, 2.75) is 33.1 Å². The molecule has 3 heteroatoms. The van der Waals surface area contributed by atoms with E-state index < -0.39 is 0 Å². The Morgan fingerprint density at radius 1 is 1.46 bits per heavy atom. The van der Waals surface area contributed by atoms with Crippen LogP contribution in [0.5, 0.6) is 0 Å². The maximum atomic E-state index is 11.5. The predicted octanol–water partition coefficient (Wildman–Crippen LogP) is 1.72. The van der Waals surface area contributed by atoms with E-state index in [4.69, 9.17) is 0 Å². The minimum atomic E-state index is 0.0148. The molecule has 0 heterocycles. The summed E-state index contributed by atoms with van der Waals surface area (Å²) in [5.74, 6) is 0.0148. The molecule has 0 fully saturated rings. The molecule has 0 rings (SSSR count). The van der Waals surface area contributed by atoms with Crippen molar-refractivity contribution in [2.24, 2.45) is 0 Å². The second-order valence-electron chi connectivity index (χ2n) is 3.25. The first kappa shape index (κ1) is 12.2. The minimum Gasteiger partial charge on any atom is -0.286 e. The Balaban J connectivity index is 4.02. The molecule has 0 atom stereocenters. The highest BCUT2D eigenvalue weighted by molar-refractivity contribution is 5.92. The highest BCUT2D eigenvalue weighted by Gasteiger charge is 2.07. The van der Waals surface area contributed by atoms with Gasteiger partial charge in [0.1, 0.15) is 0 Å². The van der Waals surface area contributed by atoms with Gasteiger partial charge < -0.3 is 0 Å². The monoisotopic (exact) mass is 184 g/mol. The number of carbonyl (C=O) groups excluding carboxylic acids is 1. The van der Waals surface area contributed by atoms with Crippen LogP contribution in [0.25, 0.3) is 0 Å². The first-order valence-electron chi connectivity index (χ1n) is 4.75. The molecule has 0 unspecified atom stereocenters. The Morgan fingerprint density at radius 2 is 2.08 bits per heavy atom. The van der Waals surface area contributed by atoms with Crippen LogP contribution in [-0.2, 0) is 4.79 Å². The number of hydrazine groups is 1. The first-order chi connectivity index (χ1) is 6.11. The van der Waals surface area contributed by atoms with Crippen molar-refractivity contribution in [1.29, 1.82) is 0 Å². The number of rotatable bonds is 5. The van der Waals surface area contributed by atoms with E-state index in [0.717, 1.165) is 24.8 Å². The molecule has 0 radical (unpaired) electrons. The van der Waals surface area contributed by atoms with Crippen molar-refractivity contribution < 1.29 is 4.79 Å². The van der Waals surface area contributed by atoms with Crippen LogP contribution in [-0.4, -0.2) is 25.0 Å². The smallest absolute Gasteiger partial charge is 0.261 e. The van der Waals surface area contributed by atoms with Crippen LogP contribution in [0.1, 0.15) is 33.1 Å². The molecule has 0 aromatic carbocycles. The fraction of sp³-hybridized carbons (Fsp3) is 0.700. The van der Waals surface area contributed by atoms with Crippen molar-refractivity contribution in [1.82, 2.24) is 10.4 Å². The number of nitrogens with one attached hydrogen (secondary N) is 1. The van der Waals surface area contributed by atoms with Crippen LogP contribution < -0.4 is 5.43 Å². The van der Waals surface area contributed by atoms with E-state index in [0.29, 0.717) is 0 Å². The summed E-state index contributed by atoms with van der Waals surface area (Å²) >= 11 is 0. The van der Waals surface area contributed by atoms with Crippen molar-refractivity contribution in [3.63, 3.8) is 0 Å². The normalized spacial score (nSPS) is 11.9. The molecule has 0 bridgehead atoms. The topological polar surface area (TPSA) is 32.3 Å². The van der Waals surface area contributed by atoms with Gasteiger partial charge in [0.2, 0.25) is 0 Å². The summed E-state index contributed by atoms with van der Waals surface area (Å²) in [6, 6.07) is 0. The average Bonchev–Trinajstić information content (AvgIpc) is 2.04. The van der Waals surface area contributed by atoms with E-state index in [-0.39, 0.29) is 5.91 Å². The van der Waals surface area contributed by atoms with Gasteiger partial charge in [0.05, 0.1) is 0 Å². The van der Waals surface area contributed by atoms with Crippen LogP contribution >= 0.6 is 0 Å². The van der Waals surface area contributed by atoms with Gasteiger partial charge in [0.15, 0.2) is 0 Å². The van der Waals surface area contributed by atoms with E-state index in [1.807, 2.05) is 27.1 Å². The largest absolute Gasteiger partial charge is 0.286 e. The number of unbranched alkanes of at least 4 members (excludes halogenated alkanes) is 1. The highest BCUT2D eigenvalue weighted by atomic mass is 16.2. The molecule has 0 aliphatic carbocycles. The Kier molecular flexibility index (Phi) is 6.24. The van der Waals surface area contributed by atoms with Crippen LogP contribution in [0.15, 0.2) is 11.6 Å². The van der Waals surface area contributed by atoms with E-state index in [1.165, 1.54) is 0 Å². The van der Waals surface area contributed by atoms with Gasteiger partial charge in [-0.1, -0.05) is 19.4 Å². The number of hydrogen-bond donors (Lipinski definition) is 1. The zero-order chi connectivity index (χ0) is 10.3. The molecule has 13 heavy (non-hydrogen) atoms. The quantitative estimate of drug-likeness (QED) is 0.521. The number of amides is 1. The second-order valence-corrected chi connectivity index (χ2v) is 3.25. The van der Waals surface area contributed by atoms with E-state index in [9.17, 15) is 4.79 Å². The summed E-state index contributed by atoms with van der Waals surface area (Å²) in [6.45, 7) is 4.03. The molecular formula is C10H20N2O. The third-order valence-electron chi connectivity index (χ3n) is 1.76. The third kappa shape index (κ3) is 5.42. The van der Waals surface area contributed by atoms with Crippen molar-refractivity contribution in [2.75, 3.05) is 14.1 Å². The maximum absolute atomic E-state index is 11.5. The fourth-order valence-corrected chi connectivity index (χ4v) is 1.03.